The fourth-order valence-electron chi connectivity index (χ4n) is 1.93. The second-order valence-corrected chi connectivity index (χ2v) is 6.44. The molecule has 4 heteroatoms. The summed E-state index contributed by atoms with van der Waals surface area (Å²) in [5, 5.41) is 4.84. The van der Waals surface area contributed by atoms with Crippen molar-refractivity contribution in [3.05, 3.63) is 67.6 Å². The smallest absolute Gasteiger partial charge is 0.0453 e. The van der Waals surface area contributed by atoms with Crippen molar-refractivity contribution < 1.29 is 0 Å². The Morgan fingerprint density at radius 3 is 2.60 bits per heavy atom. The molecule has 0 saturated carbocycles. The molecular formula is C16H16BrCl2N. The molecule has 1 N–H and O–H groups in total. The highest BCUT2D eigenvalue weighted by atomic mass is 79.9. The highest BCUT2D eigenvalue weighted by Gasteiger charge is 2.01. The number of halogens is 3. The van der Waals surface area contributed by atoms with Gasteiger partial charge in [-0.1, -0.05) is 57.3 Å². The first-order chi connectivity index (χ1) is 9.56. The minimum Gasteiger partial charge on any atom is -0.312 e. The van der Waals surface area contributed by atoms with E-state index in [0.717, 1.165) is 34.6 Å². The quantitative estimate of drug-likeness (QED) is 0.693. The number of benzene rings is 2. The van der Waals surface area contributed by atoms with E-state index in [9.17, 15) is 0 Å². The van der Waals surface area contributed by atoms with Crippen LogP contribution in [0.15, 0.2) is 40.9 Å². The van der Waals surface area contributed by atoms with E-state index in [1.54, 1.807) is 6.07 Å². The summed E-state index contributed by atoms with van der Waals surface area (Å²) >= 11 is 15.6. The van der Waals surface area contributed by atoms with Crippen molar-refractivity contribution in [2.45, 2.75) is 19.9 Å². The second kappa shape index (κ2) is 7.46. The zero-order valence-corrected chi connectivity index (χ0v) is 14.3. The van der Waals surface area contributed by atoms with Crippen LogP contribution >= 0.6 is 39.1 Å². The summed E-state index contributed by atoms with van der Waals surface area (Å²) in [5.41, 5.74) is 3.64. The van der Waals surface area contributed by atoms with E-state index in [1.165, 1.54) is 11.1 Å². The molecule has 0 amide bonds. The van der Waals surface area contributed by atoms with Gasteiger partial charge in [0.15, 0.2) is 0 Å². The van der Waals surface area contributed by atoms with E-state index < -0.39 is 0 Å². The fraction of sp³-hybridized carbons (Fsp3) is 0.250. The molecular weight excluding hydrogens is 357 g/mol. The molecule has 0 saturated heterocycles. The Hall–Kier alpha value is -0.540. The third-order valence-electron chi connectivity index (χ3n) is 3.15. The summed E-state index contributed by atoms with van der Waals surface area (Å²) in [4.78, 5) is 0. The summed E-state index contributed by atoms with van der Waals surface area (Å²) < 4.78 is 1.15. The highest BCUT2D eigenvalue weighted by molar-refractivity contribution is 9.10. The van der Waals surface area contributed by atoms with Crippen LogP contribution < -0.4 is 5.32 Å². The van der Waals surface area contributed by atoms with Crippen molar-refractivity contribution in [3.63, 3.8) is 0 Å². The summed E-state index contributed by atoms with van der Waals surface area (Å²) in [6.45, 7) is 3.82. The van der Waals surface area contributed by atoms with Crippen LogP contribution in [0.2, 0.25) is 10.0 Å². The number of hydrogen-bond acceptors (Lipinski definition) is 1. The molecule has 0 radical (unpaired) electrons. The molecule has 0 spiro atoms. The molecule has 2 aromatic rings. The number of nitrogens with one attached hydrogen (secondary N) is 1. The van der Waals surface area contributed by atoms with Gasteiger partial charge >= 0.3 is 0 Å². The molecule has 2 rings (SSSR count). The van der Waals surface area contributed by atoms with Crippen LogP contribution in [0.4, 0.5) is 0 Å². The van der Waals surface area contributed by atoms with Gasteiger partial charge in [0.05, 0.1) is 0 Å². The number of aryl methyl sites for hydroxylation is 1. The largest absolute Gasteiger partial charge is 0.312 e. The Morgan fingerprint density at radius 1 is 1.10 bits per heavy atom. The van der Waals surface area contributed by atoms with Crippen LogP contribution in [-0.4, -0.2) is 6.54 Å². The SMILES string of the molecule is Cc1ccc(CNCCc2ccc(Cl)cc2Cl)cc1Br. The minimum absolute atomic E-state index is 0.677. The Labute approximate surface area is 138 Å². The lowest BCUT2D eigenvalue weighted by atomic mass is 10.1. The van der Waals surface area contributed by atoms with Gasteiger partial charge in [-0.15, -0.1) is 0 Å². The predicted octanol–water partition coefficient (Wildman–Crippen LogP) is 5.40. The lowest BCUT2D eigenvalue weighted by molar-refractivity contribution is 0.686. The highest BCUT2D eigenvalue weighted by Crippen LogP contribution is 2.21. The van der Waals surface area contributed by atoms with Crippen molar-refractivity contribution in [2.24, 2.45) is 0 Å². The van der Waals surface area contributed by atoms with Crippen molar-refractivity contribution in [2.75, 3.05) is 6.54 Å². The van der Waals surface area contributed by atoms with Gasteiger partial charge in [0.1, 0.15) is 0 Å². The Kier molecular flexibility index (Phi) is 5.91. The molecule has 2 aromatic carbocycles. The fourth-order valence-corrected chi connectivity index (χ4v) is 2.86. The van der Waals surface area contributed by atoms with Crippen LogP contribution in [0.5, 0.6) is 0 Å². The van der Waals surface area contributed by atoms with E-state index in [2.05, 4.69) is 46.4 Å². The first-order valence-electron chi connectivity index (χ1n) is 6.46. The topological polar surface area (TPSA) is 12.0 Å². The second-order valence-electron chi connectivity index (χ2n) is 4.75. The molecule has 0 fully saturated rings. The molecule has 0 unspecified atom stereocenters. The molecule has 0 atom stereocenters. The summed E-state index contributed by atoms with van der Waals surface area (Å²) in [7, 11) is 0. The van der Waals surface area contributed by atoms with Gasteiger partial charge in [0.2, 0.25) is 0 Å². The maximum absolute atomic E-state index is 6.15. The monoisotopic (exact) mass is 371 g/mol. The van der Waals surface area contributed by atoms with E-state index in [4.69, 9.17) is 23.2 Å². The molecule has 1 nitrogen and oxygen atoms in total. The molecule has 0 aliphatic heterocycles. The van der Waals surface area contributed by atoms with Crippen molar-refractivity contribution in [1.29, 1.82) is 0 Å². The lowest BCUT2D eigenvalue weighted by Crippen LogP contribution is -2.16. The first kappa shape index (κ1) is 15.8. The van der Waals surface area contributed by atoms with Gasteiger partial charge in [-0.3, -0.25) is 0 Å². The standard InChI is InChI=1S/C16H16BrCl2N/c1-11-2-3-12(8-15(11)17)10-20-7-6-13-4-5-14(18)9-16(13)19/h2-5,8-9,20H,6-7,10H2,1H3. The van der Waals surface area contributed by atoms with E-state index in [0.29, 0.717) is 5.02 Å². The van der Waals surface area contributed by atoms with Crippen LogP contribution in [-0.2, 0) is 13.0 Å². The van der Waals surface area contributed by atoms with Gasteiger partial charge in [-0.25, -0.2) is 0 Å². The van der Waals surface area contributed by atoms with E-state index in [1.807, 2.05) is 12.1 Å². The van der Waals surface area contributed by atoms with E-state index in [-0.39, 0.29) is 0 Å². The Bertz CT molecular complexity index is 599. The van der Waals surface area contributed by atoms with Crippen molar-refractivity contribution in [1.82, 2.24) is 5.32 Å². The van der Waals surface area contributed by atoms with Crippen LogP contribution in [0.25, 0.3) is 0 Å². The number of rotatable bonds is 5. The first-order valence-corrected chi connectivity index (χ1v) is 8.01. The Morgan fingerprint density at radius 2 is 1.90 bits per heavy atom. The number of hydrogen-bond donors (Lipinski definition) is 1. The average Bonchev–Trinajstić information content (AvgIpc) is 2.40. The third kappa shape index (κ3) is 4.49. The van der Waals surface area contributed by atoms with Crippen molar-refractivity contribution in [3.8, 4) is 0 Å². The molecule has 0 aliphatic rings. The zero-order valence-electron chi connectivity index (χ0n) is 11.2. The van der Waals surface area contributed by atoms with E-state index >= 15 is 0 Å². The maximum Gasteiger partial charge on any atom is 0.0453 e. The predicted molar refractivity (Wildman–Crippen MR) is 90.8 cm³/mol. The lowest BCUT2D eigenvalue weighted by Gasteiger charge is -2.08. The molecule has 20 heavy (non-hydrogen) atoms. The van der Waals surface area contributed by atoms with Crippen LogP contribution in [0.1, 0.15) is 16.7 Å². The normalized spacial score (nSPS) is 10.8. The maximum atomic E-state index is 6.15. The van der Waals surface area contributed by atoms with Crippen molar-refractivity contribution >= 4 is 39.1 Å². The zero-order chi connectivity index (χ0) is 14.5. The summed E-state index contributed by atoms with van der Waals surface area (Å²) in [6, 6.07) is 12.1. The average molecular weight is 373 g/mol. The van der Waals surface area contributed by atoms with Gasteiger partial charge in [0, 0.05) is 21.1 Å². The van der Waals surface area contributed by atoms with Gasteiger partial charge < -0.3 is 5.32 Å². The molecule has 0 heterocycles. The summed E-state index contributed by atoms with van der Waals surface area (Å²) in [6.07, 6.45) is 0.892. The molecule has 106 valence electrons. The van der Waals surface area contributed by atoms with Crippen LogP contribution in [0.3, 0.4) is 0 Å². The minimum atomic E-state index is 0.677. The van der Waals surface area contributed by atoms with Gasteiger partial charge in [-0.2, -0.15) is 0 Å². The van der Waals surface area contributed by atoms with Gasteiger partial charge in [-0.05, 0) is 54.8 Å². The van der Waals surface area contributed by atoms with Crippen LogP contribution in [0, 0.1) is 6.92 Å². The summed E-state index contributed by atoms with van der Waals surface area (Å²) in [5.74, 6) is 0. The Balaban J connectivity index is 1.82. The third-order valence-corrected chi connectivity index (χ3v) is 4.59. The molecule has 0 bridgehead atoms. The molecule has 0 aliphatic carbocycles. The molecule has 0 aromatic heterocycles. The van der Waals surface area contributed by atoms with Gasteiger partial charge in [0.25, 0.3) is 0 Å².